The van der Waals surface area contributed by atoms with Gasteiger partial charge in [-0.05, 0) is 25.3 Å². The van der Waals surface area contributed by atoms with E-state index in [1.807, 2.05) is 0 Å². The summed E-state index contributed by atoms with van der Waals surface area (Å²) >= 11 is 0. The molecule has 5 nitrogen and oxygen atoms in total. The van der Waals surface area contributed by atoms with Gasteiger partial charge in [0.2, 0.25) is 0 Å². The Bertz CT molecular complexity index is 394. The van der Waals surface area contributed by atoms with Crippen LogP contribution in [0.25, 0.3) is 0 Å². The molecule has 1 aliphatic rings. The van der Waals surface area contributed by atoms with Crippen LogP contribution in [0.5, 0.6) is 0 Å². The predicted molar refractivity (Wildman–Crippen MR) is 70.3 cm³/mol. The van der Waals surface area contributed by atoms with Crippen LogP contribution in [0.2, 0.25) is 0 Å². The highest BCUT2D eigenvalue weighted by atomic mass is 16.4. The third-order valence-electron chi connectivity index (χ3n) is 2.96. The summed E-state index contributed by atoms with van der Waals surface area (Å²) in [5.74, 6) is -0.791. The van der Waals surface area contributed by atoms with E-state index >= 15 is 0 Å². The van der Waals surface area contributed by atoms with E-state index in [9.17, 15) is 14.4 Å². The summed E-state index contributed by atoms with van der Waals surface area (Å²) in [6.45, 7) is 4.24. The number of allylic oxidation sites excluding steroid dienone is 1. The molecule has 0 saturated heterocycles. The molecule has 0 aromatic carbocycles. The summed E-state index contributed by atoms with van der Waals surface area (Å²) in [6, 6.07) is 0. The molecule has 19 heavy (non-hydrogen) atoms. The lowest BCUT2D eigenvalue weighted by Crippen LogP contribution is -2.25. The van der Waals surface area contributed by atoms with Gasteiger partial charge in [0.15, 0.2) is 0 Å². The fraction of sp³-hybridized carbons (Fsp3) is 0.500. The van der Waals surface area contributed by atoms with Crippen molar-refractivity contribution in [1.82, 2.24) is 4.90 Å². The van der Waals surface area contributed by atoms with Crippen LogP contribution in [0.15, 0.2) is 24.4 Å². The number of amides is 1. The Morgan fingerprint density at radius 1 is 1.11 bits per heavy atom. The van der Waals surface area contributed by atoms with E-state index in [0.717, 1.165) is 0 Å². The van der Waals surface area contributed by atoms with Gasteiger partial charge in [-0.15, -0.1) is 0 Å². The normalized spacial score (nSPS) is 14.2. The minimum absolute atomic E-state index is 0.0843. The van der Waals surface area contributed by atoms with Gasteiger partial charge < -0.3 is 10.0 Å². The van der Waals surface area contributed by atoms with Crippen molar-refractivity contribution in [2.45, 2.75) is 38.5 Å². The van der Waals surface area contributed by atoms with Crippen LogP contribution in [-0.2, 0) is 14.4 Å². The highest BCUT2D eigenvalue weighted by molar-refractivity contribution is 5.93. The molecule has 1 N–H and O–H groups in total. The van der Waals surface area contributed by atoms with Gasteiger partial charge in [-0.25, -0.2) is 0 Å². The molecule has 1 aliphatic heterocycles. The molecule has 0 saturated carbocycles. The SMILES string of the molecule is C=C1C=CC(=O)N1CCCC(=O)CCCCC(=O)O. The van der Waals surface area contributed by atoms with Crippen molar-refractivity contribution < 1.29 is 19.5 Å². The fourth-order valence-electron chi connectivity index (χ4n) is 1.90. The average Bonchev–Trinajstić information content (AvgIpc) is 2.66. The topological polar surface area (TPSA) is 74.7 Å². The lowest BCUT2D eigenvalue weighted by molar-refractivity contribution is -0.137. The molecule has 0 aromatic rings. The maximum atomic E-state index is 11.5. The first-order chi connectivity index (χ1) is 9.00. The molecule has 1 amide bonds. The monoisotopic (exact) mass is 265 g/mol. The van der Waals surface area contributed by atoms with Crippen LogP contribution in [0.1, 0.15) is 38.5 Å². The Balaban J connectivity index is 2.09. The molecule has 0 bridgehead atoms. The lowest BCUT2D eigenvalue weighted by atomic mass is 10.1. The summed E-state index contributed by atoms with van der Waals surface area (Å²) in [5.41, 5.74) is 0.666. The second kappa shape index (κ2) is 7.51. The number of carboxylic acid groups (broad SMARTS) is 1. The Hall–Kier alpha value is -1.91. The number of unbranched alkanes of at least 4 members (excludes halogenated alkanes) is 1. The van der Waals surface area contributed by atoms with Crippen LogP contribution in [-0.4, -0.2) is 34.2 Å². The minimum Gasteiger partial charge on any atom is -0.481 e. The van der Waals surface area contributed by atoms with E-state index < -0.39 is 5.97 Å². The Kier molecular flexibility index (Phi) is 5.99. The molecule has 0 radical (unpaired) electrons. The van der Waals surface area contributed by atoms with Crippen LogP contribution < -0.4 is 0 Å². The molecule has 1 rings (SSSR count). The number of rotatable bonds is 9. The quantitative estimate of drug-likeness (QED) is 0.646. The van der Waals surface area contributed by atoms with Crippen molar-refractivity contribution in [2.75, 3.05) is 6.54 Å². The number of hydrogen-bond donors (Lipinski definition) is 1. The van der Waals surface area contributed by atoms with Crippen LogP contribution in [0, 0.1) is 0 Å². The molecule has 0 aliphatic carbocycles. The zero-order valence-corrected chi connectivity index (χ0v) is 10.9. The third-order valence-corrected chi connectivity index (χ3v) is 2.96. The van der Waals surface area contributed by atoms with E-state index in [1.165, 1.54) is 6.08 Å². The zero-order chi connectivity index (χ0) is 14.3. The number of nitrogens with zero attached hydrogens (tertiary/aromatic N) is 1. The molecule has 104 valence electrons. The summed E-state index contributed by atoms with van der Waals surface area (Å²) in [4.78, 5) is 34.7. The van der Waals surface area contributed by atoms with Gasteiger partial charge in [0.1, 0.15) is 5.78 Å². The predicted octanol–water partition coefficient (Wildman–Crippen LogP) is 1.89. The number of carbonyl (C=O) groups is 3. The number of ketones is 1. The van der Waals surface area contributed by atoms with Gasteiger partial charge in [0, 0.05) is 37.6 Å². The molecule has 0 atom stereocenters. The Morgan fingerprint density at radius 2 is 1.74 bits per heavy atom. The minimum atomic E-state index is -0.828. The van der Waals surface area contributed by atoms with Gasteiger partial charge in [-0.1, -0.05) is 6.58 Å². The molecule has 0 aromatic heterocycles. The summed E-state index contributed by atoms with van der Waals surface area (Å²) in [6.07, 6.45) is 5.84. The first-order valence-electron chi connectivity index (χ1n) is 6.42. The van der Waals surface area contributed by atoms with Gasteiger partial charge in [0.05, 0.1) is 0 Å². The summed E-state index contributed by atoms with van der Waals surface area (Å²) in [7, 11) is 0. The van der Waals surface area contributed by atoms with Crippen molar-refractivity contribution in [3.8, 4) is 0 Å². The highest BCUT2D eigenvalue weighted by Gasteiger charge is 2.17. The summed E-state index contributed by atoms with van der Waals surface area (Å²) < 4.78 is 0. The molecule has 0 fully saturated rings. The van der Waals surface area contributed by atoms with Gasteiger partial charge in [-0.3, -0.25) is 14.4 Å². The van der Waals surface area contributed by atoms with E-state index in [-0.39, 0.29) is 18.1 Å². The molecule has 1 heterocycles. The van der Waals surface area contributed by atoms with Crippen molar-refractivity contribution in [1.29, 1.82) is 0 Å². The maximum absolute atomic E-state index is 11.5. The lowest BCUT2D eigenvalue weighted by Gasteiger charge is -2.16. The fourth-order valence-corrected chi connectivity index (χ4v) is 1.90. The highest BCUT2D eigenvalue weighted by Crippen LogP contribution is 2.14. The summed E-state index contributed by atoms with van der Waals surface area (Å²) in [5, 5.41) is 8.45. The zero-order valence-electron chi connectivity index (χ0n) is 10.9. The van der Waals surface area contributed by atoms with Gasteiger partial charge in [0.25, 0.3) is 5.91 Å². The van der Waals surface area contributed by atoms with Crippen molar-refractivity contribution in [2.24, 2.45) is 0 Å². The second-order valence-corrected chi connectivity index (χ2v) is 4.56. The number of carbonyl (C=O) groups excluding carboxylic acids is 2. The maximum Gasteiger partial charge on any atom is 0.303 e. The molecule has 0 unspecified atom stereocenters. The van der Waals surface area contributed by atoms with Crippen LogP contribution in [0.4, 0.5) is 0 Å². The number of carboxylic acids is 1. The Morgan fingerprint density at radius 3 is 2.32 bits per heavy atom. The van der Waals surface area contributed by atoms with E-state index in [4.69, 9.17) is 5.11 Å². The van der Waals surface area contributed by atoms with Crippen molar-refractivity contribution in [3.05, 3.63) is 24.4 Å². The second-order valence-electron chi connectivity index (χ2n) is 4.56. The molecular weight excluding hydrogens is 246 g/mol. The van der Waals surface area contributed by atoms with Crippen LogP contribution >= 0.6 is 0 Å². The number of aliphatic carboxylic acids is 1. The van der Waals surface area contributed by atoms with Crippen LogP contribution in [0.3, 0.4) is 0 Å². The van der Waals surface area contributed by atoms with E-state index in [0.29, 0.717) is 44.3 Å². The largest absolute Gasteiger partial charge is 0.481 e. The molecule has 5 heteroatoms. The molecule has 0 spiro atoms. The van der Waals surface area contributed by atoms with E-state index in [1.54, 1.807) is 11.0 Å². The van der Waals surface area contributed by atoms with Crippen molar-refractivity contribution in [3.63, 3.8) is 0 Å². The smallest absolute Gasteiger partial charge is 0.303 e. The van der Waals surface area contributed by atoms with E-state index in [2.05, 4.69) is 6.58 Å². The number of hydrogen-bond acceptors (Lipinski definition) is 3. The third kappa shape index (κ3) is 5.50. The first-order valence-corrected chi connectivity index (χ1v) is 6.42. The van der Waals surface area contributed by atoms with Crippen molar-refractivity contribution >= 4 is 17.7 Å². The van der Waals surface area contributed by atoms with Gasteiger partial charge in [-0.2, -0.15) is 0 Å². The number of Topliss-reactive ketones (excluding diaryl/α,β-unsaturated/α-hetero) is 1. The Labute approximate surface area is 112 Å². The first kappa shape index (κ1) is 15.1. The standard InChI is InChI=1S/C14H19NO4/c1-11-8-9-13(17)15(11)10-4-6-12(16)5-2-3-7-14(18)19/h8-9H,1-7,10H2,(H,18,19). The molecular formula is C14H19NO4. The average molecular weight is 265 g/mol. The van der Waals surface area contributed by atoms with Gasteiger partial charge >= 0.3 is 5.97 Å².